The van der Waals surface area contributed by atoms with Crippen LogP contribution in [0.2, 0.25) is 0 Å². The summed E-state index contributed by atoms with van der Waals surface area (Å²) in [7, 11) is 0. The summed E-state index contributed by atoms with van der Waals surface area (Å²) >= 11 is 3.48. The van der Waals surface area contributed by atoms with Crippen LogP contribution >= 0.6 is 15.9 Å². The number of pyridine rings is 1. The summed E-state index contributed by atoms with van der Waals surface area (Å²) in [5, 5.41) is 10.8. The van der Waals surface area contributed by atoms with E-state index >= 15 is 0 Å². The van der Waals surface area contributed by atoms with E-state index in [1.165, 1.54) is 11.1 Å². The average Bonchev–Trinajstić information content (AvgIpc) is 2.78. The summed E-state index contributed by atoms with van der Waals surface area (Å²) in [5.41, 5.74) is 2.03. The van der Waals surface area contributed by atoms with Gasteiger partial charge in [0, 0.05) is 37.9 Å². The van der Waals surface area contributed by atoms with Crippen LogP contribution in [0.1, 0.15) is 52.0 Å². The number of anilines is 1. The topological polar surface area (TPSA) is 88.9 Å². The fourth-order valence-electron chi connectivity index (χ4n) is 5.44. The molecule has 3 saturated carbocycles. The second-order valence-electron chi connectivity index (χ2n) is 9.84. The van der Waals surface area contributed by atoms with Gasteiger partial charge in [0.05, 0.1) is 11.9 Å². The number of amides is 1. The van der Waals surface area contributed by atoms with Crippen LogP contribution in [0.5, 0.6) is 0 Å². The van der Waals surface area contributed by atoms with Crippen LogP contribution in [-0.2, 0) is 17.9 Å². The van der Waals surface area contributed by atoms with Gasteiger partial charge >= 0.3 is 0 Å². The molecule has 1 amide bonds. The van der Waals surface area contributed by atoms with Gasteiger partial charge in [-0.05, 0) is 76.1 Å². The van der Waals surface area contributed by atoms with Gasteiger partial charge in [-0.2, -0.15) is 5.10 Å². The Hall–Kier alpha value is -2.22. The maximum atomic E-state index is 12.8. The zero-order valence-corrected chi connectivity index (χ0v) is 20.6. The summed E-state index contributed by atoms with van der Waals surface area (Å²) in [5.74, 6) is 2.00. The van der Waals surface area contributed by atoms with E-state index in [2.05, 4.69) is 57.4 Å². The first kappa shape index (κ1) is 23.0. The van der Waals surface area contributed by atoms with Gasteiger partial charge in [-0.1, -0.05) is 20.8 Å². The monoisotopic (exact) mass is 501 g/mol. The molecular weight excluding hydrogens is 470 g/mol. The predicted octanol–water partition coefficient (Wildman–Crippen LogP) is 3.98. The molecule has 0 spiro atoms. The Balaban J connectivity index is 1.28. The molecule has 2 aromatic rings. The van der Waals surface area contributed by atoms with Crippen LogP contribution in [0, 0.1) is 23.2 Å². The number of rotatable bonds is 8. The van der Waals surface area contributed by atoms with E-state index < -0.39 is 0 Å². The largest absolute Gasteiger partial charge is 0.380 e. The second kappa shape index (κ2) is 9.33. The van der Waals surface area contributed by atoms with Crippen molar-refractivity contribution >= 4 is 27.5 Å². The number of aromatic nitrogens is 3. The van der Waals surface area contributed by atoms with E-state index in [4.69, 9.17) is 0 Å². The zero-order valence-electron chi connectivity index (χ0n) is 19.0. The van der Waals surface area contributed by atoms with Gasteiger partial charge in [0.1, 0.15) is 4.47 Å². The smallest absolute Gasteiger partial charge is 0.283 e. The Labute approximate surface area is 197 Å². The molecule has 0 radical (unpaired) electrons. The van der Waals surface area contributed by atoms with Crippen molar-refractivity contribution in [2.75, 3.05) is 5.32 Å². The first-order valence-electron chi connectivity index (χ1n) is 11.4. The maximum Gasteiger partial charge on any atom is 0.283 e. The summed E-state index contributed by atoms with van der Waals surface area (Å²) in [6.07, 6.45) is 8.48. The van der Waals surface area contributed by atoms with Gasteiger partial charge in [-0.3, -0.25) is 14.6 Å². The molecule has 3 aliphatic rings. The Kier molecular flexibility index (Phi) is 6.70. The SMILES string of the molecule is C[C@H]1[C@H](Nc2cnn(CCCC(=O)NCc3ccncc3)c(=O)c2Br)C[C@H]2C[C@@H]1C2(C)C. The normalized spacial score (nSPS) is 25.6. The lowest BCUT2D eigenvalue weighted by molar-refractivity contribution is -0.121. The molecule has 2 aromatic heterocycles. The molecule has 8 heteroatoms. The van der Waals surface area contributed by atoms with Crippen LogP contribution in [0.3, 0.4) is 0 Å². The van der Waals surface area contributed by atoms with Crippen LogP contribution in [-0.4, -0.2) is 26.7 Å². The van der Waals surface area contributed by atoms with Gasteiger partial charge in [0.25, 0.3) is 5.56 Å². The Bertz CT molecular complexity index is 1020. The lowest BCUT2D eigenvalue weighted by atomic mass is 9.45. The van der Waals surface area contributed by atoms with Crippen LogP contribution in [0.15, 0.2) is 40.0 Å². The van der Waals surface area contributed by atoms with Crippen molar-refractivity contribution in [3.8, 4) is 0 Å². The van der Waals surface area contributed by atoms with E-state index in [0.29, 0.717) is 47.8 Å². The van der Waals surface area contributed by atoms with Crippen molar-refractivity contribution in [2.45, 2.75) is 65.6 Å². The van der Waals surface area contributed by atoms with Crippen molar-refractivity contribution in [2.24, 2.45) is 23.2 Å². The highest BCUT2D eigenvalue weighted by molar-refractivity contribution is 9.10. The standard InChI is InChI=1S/C24H32BrN5O2/c1-15-18-11-17(24(18,2)3)12-19(15)29-20-14-28-30(23(32)22(20)25)10-4-5-21(31)27-13-16-6-8-26-9-7-16/h6-9,14-15,17-19,29H,4-5,10-13H2,1-3H3,(H,27,31)/t15-,17-,18+,19-/m1/s1. The molecule has 32 heavy (non-hydrogen) atoms. The molecule has 2 N–H and O–H groups in total. The van der Waals surface area contributed by atoms with Crippen molar-refractivity contribution < 1.29 is 4.79 Å². The highest BCUT2D eigenvalue weighted by Crippen LogP contribution is 2.61. The Morgan fingerprint density at radius 3 is 2.72 bits per heavy atom. The number of halogens is 1. The van der Waals surface area contributed by atoms with E-state index in [1.54, 1.807) is 18.6 Å². The molecule has 5 rings (SSSR count). The predicted molar refractivity (Wildman–Crippen MR) is 128 cm³/mol. The highest BCUT2D eigenvalue weighted by Gasteiger charge is 2.56. The van der Waals surface area contributed by atoms with Crippen LogP contribution in [0.4, 0.5) is 5.69 Å². The minimum Gasteiger partial charge on any atom is -0.380 e. The van der Waals surface area contributed by atoms with E-state index in [0.717, 1.165) is 29.5 Å². The summed E-state index contributed by atoms with van der Waals surface area (Å²) in [4.78, 5) is 28.8. The number of aryl methyl sites for hydroxylation is 1. The Morgan fingerprint density at radius 2 is 2.03 bits per heavy atom. The summed E-state index contributed by atoms with van der Waals surface area (Å²) in [6.45, 7) is 7.97. The zero-order chi connectivity index (χ0) is 22.9. The number of fused-ring (bicyclic) bond motifs is 2. The number of hydrogen-bond acceptors (Lipinski definition) is 5. The molecule has 2 bridgehead atoms. The summed E-state index contributed by atoms with van der Waals surface area (Å²) < 4.78 is 1.94. The van der Waals surface area contributed by atoms with Gasteiger partial charge in [0.15, 0.2) is 0 Å². The molecule has 0 aromatic carbocycles. The third-order valence-corrected chi connectivity index (χ3v) is 8.46. The summed E-state index contributed by atoms with van der Waals surface area (Å²) in [6, 6.07) is 4.10. The first-order valence-corrected chi connectivity index (χ1v) is 12.2. The van der Waals surface area contributed by atoms with E-state index in [1.807, 2.05) is 12.1 Å². The van der Waals surface area contributed by atoms with Crippen LogP contribution < -0.4 is 16.2 Å². The fraction of sp³-hybridized carbons (Fsp3) is 0.583. The first-order chi connectivity index (χ1) is 15.3. The molecule has 0 aliphatic heterocycles. The number of nitrogens with one attached hydrogen (secondary N) is 2. The Morgan fingerprint density at radius 1 is 1.28 bits per heavy atom. The van der Waals surface area contributed by atoms with Crippen molar-refractivity contribution in [3.05, 3.63) is 51.1 Å². The number of carbonyl (C=O) groups excluding carboxylic acids is 1. The minimum atomic E-state index is -0.166. The average molecular weight is 502 g/mol. The molecule has 3 fully saturated rings. The van der Waals surface area contributed by atoms with Crippen molar-refractivity contribution in [1.82, 2.24) is 20.1 Å². The van der Waals surface area contributed by atoms with Gasteiger partial charge in [0.2, 0.25) is 5.91 Å². The molecule has 0 unspecified atom stereocenters. The van der Waals surface area contributed by atoms with Crippen molar-refractivity contribution in [1.29, 1.82) is 0 Å². The third-order valence-electron chi connectivity index (χ3n) is 7.69. The quantitative estimate of drug-likeness (QED) is 0.570. The van der Waals surface area contributed by atoms with Crippen LogP contribution in [0.25, 0.3) is 0 Å². The highest BCUT2D eigenvalue weighted by atomic mass is 79.9. The van der Waals surface area contributed by atoms with Gasteiger partial charge < -0.3 is 10.6 Å². The van der Waals surface area contributed by atoms with Crippen molar-refractivity contribution in [3.63, 3.8) is 0 Å². The molecular formula is C24H32BrN5O2. The number of hydrogen-bond donors (Lipinski definition) is 2. The molecule has 2 heterocycles. The molecule has 172 valence electrons. The van der Waals surface area contributed by atoms with Gasteiger partial charge in [-0.25, -0.2) is 4.68 Å². The minimum absolute atomic E-state index is 0.0417. The van der Waals surface area contributed by atoms with E-state index in [9.17, 15) is 9.59 Å². The number of carbonyl (C=O) groups is 1. The molecule has 0 saturated heterocycles. The van der Waals surface area contributed by atoms with Gasteiger partial charge in [-0.15, -0.1) is 0 Å². The lowest BCUT2D eigenvalue weighted by Crippen LogP contribution is -2.58. The fourth-order valence-corrected chi connectivity index (χ4v) is 5.87. The molecule has 3 aliphatic carbocycles. The van der Waals surface area contributed by atoms with E-state index in [-0.39, 0.29) is 11.5 Å². The maximum absolute atomic E-state index is 12.8. The molecule has 4 atom stereocenters. The lowest BCUT2D eigenvalue weighted by Gasteiger charge is -2.62. The third kappa shape index (κ3) is 4.60. The molecule has 7 nitrogen and oxygen atoms in total. The number of nitrogens with zero attached hydrogens (tertiary/aromatic N) is 3. The second-order valence-corrected chi connectivity index (χ2v) is 10.6.